The number of carbonyl (C=O) groups is 1. The second-order valence-corrected chi connectivity index (χ2v) is 7.49. The van der Waals surface area contributed by atoms with Crippen molar-refractivity contribution in [3.05, 3.63) is 48.2 Å². The topological polar surface area (TPSA) is 60.6 Å². The third-order valence-electron chi connectivity index (χ3n) is 5.54. The molecule has 0 saturated carbocycles. The minimum Gasteiger partial charge on any atom is -0.493 e. The Hall–Kier alpha value is -2.80. The molecule has 1 aromatic carbocycles. The lowest BCUT2D eigenvalue weighted by molar-refractivity contribution is -0.892. The number of methoxy groups -OCH3 is 1. The van der Waals surface area contributed by atoms with Gasteiger partial charge in [0.25, 0.3) is 11.7 Å². The van der Waals surface area contributed by atoms with Gasteiger partial charge in [0, 0.05) is 19.2 Å². The van der Waals surface area contributed by atoms with Crippen LogP contribution in [0.2, 0.25) is 0 Å². The molecule has 1 saturated heterocycles. The molecule has 0 aliphatic carbocycles. The highest BCUT2D eigenvalue weighted by Crippen LogP contribution is 2.28. The highest BCUT2D eigenvalue weighted by atomic mass is 16.5. The molecule has 0 spiro atoms. The van der Waals surface area contributed by atoms with E-state index in [0.717, 1.165) is 43.3 Å². The summed E-state index contributed by atoms with van der Waals surface area (Å²) in [6, 6.07) is 12.0. The van der Waals surface area contributed by atoms with Crippen molar-refractivity contribution in [3.63, 3.8) is 0 Å². The minimum absolute atomic E-state index is 0.195. The van der Waals surface area contributed by atoms with E-state index < -0.39 is 0 Å². The predicted molar refractivity (Wildman–Crippen MR) is 116 cm³/mol. The Bertz CT molecular complexity index is 807. The Labute approximate surface area is 179 Å². The van der Waals surface area contributed by atoms with Gasteiger partial charge in [0.05, 0.1) is 19.9 Å². The van der Waals surface area contributed by atoms with E-state index >= 15 is 0 Å². The van der Waals surface area contributed by atoms with Gasteiger partial charge in [-0.25, -0.2) is 4.98 Å². The van der Waals surface area contributed by atoms with Crippen molar-refractivity contribution in [2.24, 2.45) is 0 Å². The lowest BCUT2D eigenvalue weighted by Crippen LogP contribution is -3.16. The van der Waals surface area contributed by atoms with Crippen molar-refractivity contribution in [1.82, 2.24) is 4.90 Å². The summed E-state index contributed by atoms with van der Waals surface area (Å²) in [7, 11) is 1.64. The molecular formula is C23H34N4O3+2. The van der Waals surface area contributed by atoms with Gasteiger partial charge in [-0.05, 0) is 37.6 Å². The SMILES string of the molecule is CCOc1ccc(CN(CC)C(=O)C[NH+]2CCN(c3cccc[nH+]3)CC2)cc1OC. The molecule has 2 heterocycles. The summed E-state index contributed by atoms with van der Waals surface area (Å²) in [4.78, 5) is 21.8. The minimum atomic E-state index is 0.195. The first-order chi connectivity index (χ1) is 14.6. The molecule has 0 atom stereocenters. The van der Waals surface area contributed by atoms with E-state index in [1.165, 1.54) is 4.90 Å². The van der Waals surface area contributed by atoms with E-state index in [1.54, 1.807) is 7.11 Å². The Morgan fingerprint density at radius 2 is 1.97 bits per heavy atom. The molecule has 7 heteroatoms. The summed E-state index contributed by atoms with van der Waals surface area (Å²) in [5.41, 5.74) is 1.05. The zero-order chi connectivity index (χ0) is 21.3. The Morgan fingerprint density at radius 3 is 2.60 bits per heavy atom. The molecule has 1 aliphatic rings. The van der Waals surface area contributed by atoms with Gasteiger partial charge >= 0.3 is 0 Å². The highest BCUT2D eigenvalue weighted by molar-refractivity contribution is 5.77. The average Bonchev–Trinajstić information content (AvgIpc) is 2.79. The second kappa shape index (κ2) is 10.8. The zero-order valence-corrected chi connectivity index (χ0v) is 18.3. The van der Waals surface area contributed by atoms with Crippen molar-refractivity contribution in [1.29, 1.82) is 0 Å². The number of pyridine rings is 1. The summed E-state index contributed by atoms with van der Waals surface area (Å²) in [5.74, 6) is 2.77. The third kappa shape index (κ3) is 5.63. The number of likely N-dealkylation sites (N-methyl/N-ethyl adjacent to an activating group) is 1. The zero-order valence-electron chi connectivity index (χ0n) is 18.3. The van der Waals surface area contributed by atoms with E-state index in [0.29, 0.717) is 32.0 Å². The van der Waals surface area contributed by atoms with Gasteiger partial charge in [0.2, 0.25) is 0 Å². The maximum Gasteiger partial charge on any atom is 0.278 e. The van der Waals surface area contributed by atoms with Gasteiger partial charge in [0.1, 0.15) is 26.2 Å². The molecule has 1 aliphatic heterocycles. The van der Waals surface area contributed by atoms with Crippen LogP contribution >= 0.6 is 0 Å². The number of carbonyl (C=O) groups excluding carboxylic acids is 1. The van der Waals surface area contributed by atoms with Crippen LogP contribution in [0.15, 0.2) is 42.6 Å². The first-order valence-electron chi connectivity index (χ1n) is 10.8. The van der Waals surface area contributed by atoms with Crippen LogP contribution in [0, 0.1) is 0 Å². The number of hydrogen-bond donors (Lipinski definition) is 1. The Kier molecular flexibility index (Phi) is 7.90. The summed E-state index contributed by atoms with van der Waals surface area (Å²) >= 11 is 0. The maximum atomic E-state index is 13.0. The normalized spacial score (nSPS) is 14.4. The molecule has 7 nitrogen and oxygen atoms in total. The van der Waals surface area contributed by atoms with Crippen LogP contribution in [0.4, 0.5) is 5.82 Å². The number of H-pyrrole nitrogens is 1. The largest absolute Gasteiger partial charge is 0.493 e. The van der Waals surface area contributed by atoms with Crippen LogP contribution in [0.3, 0.4) is 0 Å². The number of anilines is 1. The van der Waals surface area contributed by atoms with Crippen LogP contribution in [0.5, 0.6) is 11.5 Å². The fourth-order valence-corrected chi connectivity index (χ4v) is 3.83. The number of hydrogen-bond acceptors (Lipinski definition) is 4. The molecule has 2 N–H and O–H groups in total. The Morgan fingerprint density at radius 1 is 1.17 bits per heavy atom. The van der Waals surface area contributed by atoms with E-state index in [2.05, 4.69) is 16.0 Å². The van der Waals surface area contributed by atoms with Gasteiger partial charge in [-0.15, -0.1) is 0 Å². The van der Waals surface area contributed by atoms with Crippen LogP contribution in [-0.4, -0.2) is 63.8 Å². The molecule has 0 radical (unpaired) electrons. The molecule has 2 aromatic rings. The lowest BCUT2D eigenvalue weighted by atomic mass is 10.2. The molecule has 1 amide bonds. The van der Waals surface area contributed by atoms with Gasteiger partial charge in [-0.3, -0.25) is 9.69 Å². The summed E-state index contributed by atoms with van der Waals surface area (Å²) in [6.07, 6.45) is 1.95. The van der Waals surface area contributed by atoms with Gasteiger partial charge in [-0.2, -0.15) is 0 Å². The monoisotopic (exact) mass is 414 g/mol. The summed E-state index contributed by atoms with van der Waals surface area (Å²) < 4.78 is 11.0. The van der Waals surface area contributed by atoms with Crippen molar-refractivity contribution in [2.45, 2.75) is 20.4 Å². The van der Waals surface area contributed by atoms with Crippen molar-refractivity contribution in [3.8, 4) is 11.5 Å². The maximum absolute atomic E-state index is 13.0. The molecule has 0 bridgehead atoms. The Balaban J connectivity index is 1.54. The number of aromatic amines is 1. The molecular weight excluding hydrogens is 380 g/mol. The fourth-order valence-electron chi connectivity index (χ4n) is 3.83. The van der Waals surface area contributed by atoms with E-state index in [4.69, 9.17) is 9.47 Å². The number of piperazine rings is 1. The first kappa shape index (κ1) is 21.9. The number of benzene rings is 1. The number of nitrogens with one attached hydrogen (secondary N) is 2. The van der Waals surface area contributed by atoms with Gasteiger partial charge < -0.3 is 19.3 Å². The molecule has 0 unspecified atom stereocenters. The van der Waals surface area contributed by atoms with Crippen LogP contribution in [0.1, 0.15) is 19.4 Å². The quantitative estimate of drug-likeness (QED) is 0.655. The number of quaternary nitrogens is 1. The van der Waals surface area contributed by atoms with E-state index in [-0.39, 0.29) is 5.91 Å². The smallest absolute Gasteiger partial charge is 0.278 e. The molecule has 1 aromatic heterocycles. The predicted octanol–water partition coefficient (Wildman–Crippen LogP) is 0.662. The van der Waals surface area contributed by atoms with E-state index in [1.807, 2.05) is 55.3 Å². The third-order valence-corrected chi connectivity index (χ3v) is 5.54. The van der Waals surface area contributed by atoms with Crippen molar-refractivity contribution < 1.29 is 24.2 Å². The van der Waals surface area contributed by atoms with Gasteiger partial charge in [0.15, 0.2) is 18.0 Å². The highest BCUT2D eigenvalue weighted by Gasteiger charge is 2.28. The van der Waals surface area contributed by atoms with Crippen LogP contribution in [-0.2, 0) is 11.3 Å². The number of rotatable bonds is 9. The fraction of sp³-hybridized carbons (Fsp3) is 0.478. The molecule has 1 fully saturated rings. The number of aromatic nitrogens is 1. The summed E-state index contributed by atoms with van der Waals surface area (Å²) in [6.45, 7) is 10.2. The molecule has 30 heavy (non-hydrogen) atoms. The van der Waals surface area contributed by atoms with Crippen LogP contribution < -0.4 is 24.3 Å². The summed E-state index contributed by atoms with van der Waals surface area (Å²) in [5, 5.41) is 0. The number of ether oxygens (including phenoxy) is 2. The first-order valence-corrected chi connectivity index (χ1v) is 10.8. The average molecular weight is 415 g/mol. The van der Waals surface area contributed by atoms with Crippen molar-refractivity contribution >= 4 is 11.7 Å². The van der Waals surface area contributed by atoms with Crippen LogP contribution in [0.25, 0.3) is 0 Å². The standard InChI is InChI=1S/C23H32N4O3/c1-4-26(17-19-9-10-20(30-5-2)21(16-19)29-3)23(28)18-25-12-14-27(15-13-25)22-8-6-7-11-24-22/h6-11,16H,4-5,12-15,17-18H2,1-3H3/p+2. The van der Waals surface area contributed by atoms with Gasteiger partial charge in [-0.1, -0.05) is 12.1 Å². The lowest BCUT2D eigenvalue weighted by Gasteiger charge is -2.29. The van der Waals surface area contributed by atoms with Crippen molar-refractivity contribution in [2.75, 3.05) is 57.9 Å². The second-order valence-electron chi connectivity index (χ2n) is 7.49. The number of nitrogens with zero attached hydrogens (tertiary/aromatic N) is 2. The van der Waals surface area contributed by atoms with E-state index in [9.17, 15) is 4.79 Å². The molecule has 3 rings (SSSR count). The molecule has 162 valence electrons. The number of amides is 1.